The van der Waals surface area contributed by atoms with Crippen LogP contribution in [0.25, 0.3) is 22.4 Å². The first-order valence-electron chi connectivity index (χ1n) is 8.64. The van der Waals surface area contributed by atoms with E-state index in [2.05, 4.69) is 30.6 Å². The Morgan fingerprint density at radius 2 is 2.07 bits per heavy atom. The minimum Gasteiger partial charge on any atom is -0.356 e. The summed E-state index contributed by atoms with van der Waals surface area (Å²) in [5.41, 5.74) is 0.101. The van der Waals surface area contributed by atoms with Crippen LogP contribution in [-0.2, 0) is 4.79 Å². The summed E-state index contributed by atoms with van der Waals surface area (Å²) in [4.78, 5) is 28.1. The molecular formula is C18H24ClF3N6O. The number of alkyl halides is 3. The molecule has 3 aromatic heterocycles. The highest BCUT2D eigenvalue weighted by Gasteiger charge is 2.31. The summed E-state index contributed by atoms with van der Waals surface area (Å²) < 4.78 is 36.8. The summed E-state index contributed by atoms with van der Waals surface area (Å²) in [7, 11) is 0. The maximum Gasteiger partial charge on any atom is 0.390 e. The molecule has 0 aromatic carbocycles. The van der Waals surface area contributed by atoms with E-state index in [1.165, 1.54) is 12.4 Å². The van der Waals surface area contributed by atoms with Crippen molar-refractivity contribution in [2.75, 3.05) is 11.9 Å². The van der Waals surface area contributed by atoms with Gasteiger partial charge in [0.2, 0.25) is 5.91 Å². The molecule has 0 aliphatic rings. The first-order chi connectivity index (χ1) is 13.5. The molecule has 11 heteroatoms. The van der Waals surface area contributed by atoms with Crippen LogP contribution in [0.15, 0.2) is 30.7 Å². The molecule has 3 heterocycles. The van der Waals surface area contributed by atoms with Gasteiger partial charge >= 0.3 is 6.18 Å². The van der Waals surface area contributed by atoms with Crippen LogP contribution in [0.4, 0.5) is 19.0 Å². The maximum atomic E-state index is 12.3. The Kier molecular flexibility index (Phi) is 5.65. The van der Waals surface area contributed by atoms with Crippen LogP contribution < -0.4 is 10.6 Å². The van der Waals surface area contributed by atoms with E-state index in [-0.39, 0.29) is 4.28 Å². The monoisotopic (exact) mass is 432 g/mol. The van der Waals surface area contributed by atoms with E-state index in [9.17, 15) is 18.0 Å². The Balaban J connectivity index is 0.00000320. The number of H-pyrrole nitrogens is 1. The van der Waals surface area contributed by atoms with E-state index >= 15 is 0 Å². The molecule has 7 nitrogen and oxygen atoms in total. The smallest absolute Gasteiger partial charge is 0.356 e. The number of nitrogens with zero attached hydrogens (tertiary/aromatic N) is 3. The van der Waals surface area contributed by atoms with Crippen LogP contribution in [0.3, 0.4) is 0 Å². The molecule has 0 saturated carbocycles. The van der Waals surface area contributed by atoms with E-state index < -0.39 is 30.6 Å². The van der Waals surface area contributed by atoms with Crippen molar-refractivity contribution in [3.8, 4) is 11.4 Å². The molecule has 0 saturated heterocycles. The average molecular weight is 433 g/mol. The molecule has 0 aliphatic heterocycles. The number of amides is 1. The van der Waals surface area contributed by atoms with Crippen LogP contribution in [0.1, 0.15) is 24.5 Å². The average Bonchev–Trinajstić information content (AvgIpc) is 3.03. The van der Waals surface area contributed by atoms with Gasteiger partial charge in [0.1, 0.15) is 17.0 Å². The summed E-state index contributed by atoms with van der Waals surface area (Å²) in [5, 5.41) is 6.41. The Hall–Kier alpha value is -2.88. The van der Waals surface area contributed by atoms with E-state index in [1.54, 1.807) is 32.2 Å². The number of aromatic nitrogens is 4. The van der Waals surface area contributed by atoms with Gasteiger partial charge in [-0.2, -0.15) is 13.2 Å². The van der Waals surface area contributed by atoms with Gasteiger partial charge in [-0.3, -0.25) is 4.79 Å². The standard InChI is InChI=1S/C18H18ClF3N6O.3H2/c1-17(2,16(29)24-6-4-18(20,21)22)28-13-3-5-23-15(27-13)12-9-26-14-11(12)7-10(19)8-25-14;;;/h3,5,7-9H,4,6H2,1-2H3,(H,24,29)(H,25,26)(H,23,27,28);3*1H. The van der Waals surface area contributed by atoms with Crippen molar-refractivity contribution in [3.63, 3.8) is 0 Å². The molecule has 3 rings (SSSR count). The molecule has 0 aliphatic carbocycles. The van der Waals surface area contributed by atoms with Crippen LogP contribution in [-0.4, -0.2) is 44.1 Å². The van der Waals surface area contributed by atoms with Gasteiger partial charge in [-0.1, -0.05) is 11.6 Å². The highest BCUT2D eigenvalue weighted by atomic mass is 35.5. The summed E-state index contributed by atoms with van der Waals surface area (Å²) in [6.45, 7) is 2.60. The Morgan fingerprint density at radius 1 is 1.31 bits per heavy atom. The minimum absolute atomic E-state index is 0. The second-order valence-corrected chi connectivity index (χ2v) is 7.33. The van der Waals surface area contributed by atoms with E-state index in [1.807, 2.05) is 0 Å². The zero-order chi connectivity index (χ0) is 21.2. The normalized spacial score (nSPS) is 12.2. The predicted octanol–water partition coefficient (Wildman–Crippen LogP) is 4.67. The van der Waals surface area contributed by atoms with Gasteiger partial charge in [-0.15, -0.1) is 0 Å². The lowest BCUT2D eigenvalue weighted by Gasteiger charge is -2.26. The number of hydrogen-bond acceptors (Lipinski definition) is 5. The number of hydrogen-bond donors (Lipinski definition) is 3. The van der Waals surface area contributed by atoms with Crippen molar-refractivity contribution < 1.29 is 22.2 Å². The molecule has 0 radical (unpaired) electrons. The lowest BCUT2D eigenvalue weighted by Crippen LogP contribution is -2.48. The second-order valence-electron chi connectivity index (χ2n) is 6.89. The fourth-order valence-electron chi connectivity index (χ4n) is 2.64. The first-order valence-corrected chi connectivity index (χ1v) is 9.02. The molecule has 29 heavy (non-hydrogen) atoms. The third-order valence-electron chi connectivity index (χ3n) is 4.10. The van der Waals surface area contributed by atoms with Crippen molar-refractivity contribution >= 4 is 34.4 Å². The predicted molar refractivity (Wildman–Crippen MR) is 110 cm³/mol. The van der Waals surface area contributed by atoms with Crippen molar-refractivity contribution in [1.82, 2.24) is 25.3 Å². The number of nitrogens with one attached hydrogen (secondary N) is 3. The number of rotatable bonds is 6. The number of carbonyl (C=O) groups is 1. The fourth-order valence-corrected chi connectivity index (χ4v) is 2.79. The molecule has 0 fully saturated rings. The van der Waals surface area contributed by atoms with Gasteiger partial charge in [-0.05, 0) is 26.0 Å². The molecule has 0 unspecified atom stereocenters. The highest BCUT2D eigenvalue weighted by Crippen LogP contribution is 2.28. The molecule has 160 valence electrons. The number of anilines is 1. The number of pyridine rings is 1. The minimum atomic E-state index is -4.33. The van der Waals surface area contributed by atoms with Gasteiger partial charge in [0.25, 0.3) is 0 Å². The molecule has 1 amide bonds. The SMILES string of the molecule is CC(C)(Nc1ccnc(-c2c[nH]c3ncc(Cl)cc23)n1)C(=O)NCCC(F)(F)F.[HH].[HH].[HH]. The van der Waals surface area contributed by atoms with E-state index in [0.29, 0.717) is 27.9 Å². The van der Waals surface area contributed by atoms with Crippen molar-refractivity contribution in [3.05, 3.63) is 35.7 Å². The first kappa shape index (κ1) is 20.8. The van der Waals surface area contributed by atoms with E-state index in [0.717, 1.165) is 5.39 Å². The highest BCUT2D eigenvalue weighted by molar-refractivity contribution is 6.31. The zero-order valence-corrected chi connectivity index (χ0v) is 16.3. The Morgan fingerprint density at radius 3 is 2.79 bits per heavy atom. The zero-order valence-electron chi connectivity index (χ0n) is 15.6. The largest absolute Gasteiger partial charge is 0.390 e. The summed E-state index contributed by atoms with van der Waals surface area (Å²) >= 11 is 6.01. The lowest BCUT2D eigenvalue weighted by atomic mass is 10.0. The molecular weight excluding hydrogens is 409 g/mol. The van der Waals surface area contributed by atoms with E-state index in [4.69, 9.17) is 11.6 Å². The molecule has 3 aromatic rings. The number of aromatic amines is 1. The third kappa shape index (κ3) is 5.14. The van der Waals surface area contributed by atoms with Gasteiger partial charge in [0.05, 0.1) is 11.4 Å². The van der Waals surface area contributed by atoms with Crippen LogP contribution >= 0.6 is 11.6 Å². The van der Waals surface area contributed by atoms with Crippen molar-refractivity contribution in [1.29, 1.82) is 0 Å². The second kappa shape index (κ2) is 7.86. The van der Waals surface area contributed by atoms with Gasteiger partial charge < -0.3 is 15.6 Å². The van der Waals surface area contributed by atoms with Crippen molar-refractivity contribution in [2.45, 2.75) is 32.0 Å². The summed E-state index contributed by atoms with van der Waals surface area (Å²) in [5.74, 6) is 0.138. The summed E-state index contributed by atoms with van der Waals surface area (Å²) in [6.07, 6.45) is -0.697. The number of carbonyl (C=O) groups excluding carboxylic acids is 1. The molecule has 3 N–H and O–H groups in total. The number of halogens is 4. The van der Waals surface area contributed by atoms with Gasteiger partial charge in [0, 0.05) is 40.4 Å². The summed E-state index contributed by atoms with van der Waals surface area (Å²) in [6, 6.07) is 3.30. The van der Waals surface area contributed by atoms with Gasteiger partial charge in [0.15, 0.2) is 5.82 Å². The molecule has 0 spiro atoms. The Bertz CT molecular complexity index is 1050. The Labute approximate surface area is 173 Å². The van der Waals surface area contributed by atoms with Crippen LogP contribution in [0.2, 0.25) is 5.02 Å². The van der Waals surface area contributed by atoms with Crippen LogP contribution in [0.5, 0.6) is 0 Å². The maximum absolute atomic E-state index is 12.3. The molecule has 0 atom stereocenters. The van der Waals surface area contributed by atoms with Crippen molar-refractivity contribution in [2.24, 2.45) is 0 Å². The fraction of sp³-hybridized carbons (Fsp3) is 0.333. The molecule has 0 bridgehead atoms. The number of fused-ring (bicyclic) bond motifs is 1. The lowest BCUT2D eigenvalue weighted by molar-refractivity contribution is -0.136. The van der Waals surface area contributed by atoms with Gasteiger partial charge in [-0.25, -0.2) is 15.0 Å². The quantitative estimate of drug-likeness (QED) is 0.526. The third-order valence-corrected chi connectivity index (χ3v) is 4.30. The topological polar surface area (TPSA) is 95.6 Å². The van der Waals surface area contributed by atoms with Crippen LogP contribution in [0, 0.1) is 0 Å².